The van der Waals surface area contributed by atoms with E-state index in [1.165, 1.54) is 4.68 Å². The first-order valence-corrected chi connectivity index (χ1v) is 6.36. The zero-order chi connectivity index (χ0) is 14.5. The van der Waals surface area contributed by atoms with Crippen LogP contribution >= 0.6 is 0 Å². The van der Waals surface area contributed by atoms with Crippen molar-refractivity contribution in [2.75, 3.05) is 11.9 Å². The predicted molar refractivity (Wildman–Crippen MR) is 69.8 cm³/mol. The highest BCUT2D eigenvalue weighted by molar-refractivity contribution is 5.87. The second-order valence-electron chi connectivity index (χ2n) is 4.18. The van der Waals surface area contributed by atoms with Crippen LogP contribution in [0.15, 0.2) is 10.7 Å². The number of nitrogens with one attached hydrogen (secondary N) is 1. The number of nitrogens with zero attached hydrogens (tertiary/aromatic N) is 6. The Kier molecular flexibility index (Phi) is 4.28. The lowest BCUT2D eigenvalue weighted by molar-refractivity contribution is 0.203. The van der Waals surface area contributed by atoms with E-state index in [4.69, 9.17) is 4.52 Å². The molecule has 108 valence electrons. The Morgan fingerprint density at radius 2 is 2.30 bits per heavy atom. The minimum Gasteiger partial charge on any atom is -0.337 e. The minimum absolute atomic E-state index is 0.260. The van der Waals surface area contributed by atoms with Crippen molar-refractivity contribution in [3.05, 3.63) is 17.9 Å². The number of hydrogen-bond acceptors (Lipinski definition) is 6. The summed E-state index contributed by atoms with van der Waals surface area (Å²) >= 11 is 0. The van der Waals surface area contributed by atoms with Gasteiger partial charge in [-0.3, -0.25) is 10.00 Å². The predicted octanol–water partition coefficient (Wildman–Crippen LogP) is 0.814. The van der Waals surface area contributed by atoms with E-state index in [9.17, 15) is 4.79 Å². The number of urea groups is 1. The van der Waals surface area contributed by atoms with Gasteiger partial charge >= 0.3 is 6.03 Å². The molecule has 0 saturated carbocycles. The van der Waals surface area contributed by atoms with Crippen LogP contribution in [0.3, 0.4) is 0 Å². The summed E-state index contributed by atoms with van der Waals surface area (Å²) < 4.78 is 6.59. The van der Waals surface area contributed by atoms with Crippen LogP contribution < -0.4 is 5.32 Å². The highest BCUT2D eigenvalue weighted by atomic mass is 16.5. The minimum atomic E-state index is -0.288. The van der Waals surface area contributed by atoms with Crippen LogP contribution in [0, 0.1) is 0 Å². The molecule has 1 N–H and O–H groups in total. The van der Waals surface area contributed by atoms with E-state index in [1.807, 2.05) is 13.8 Å². The Balaban J connectivity index is 1.98. The van der Waals surface area contributed by atoms with Gasteiger partial charge in [0.05, 0.1) is 6.20 Å². The maximum absolute atomic E-state index is 12.1. The quantitative estimate of drug-likeness (QED) is 0.869. The SMILES string of the molecule is CCc1noc(CN(CC)C(=O)Nc2cn(C)nn2)n1. The van der Waals surface area contributed by atoms with Crippen molar-refractivity contribution in [2.45, 2.75) is 26.8 Å². The van der Waals surface area contributed by atoms with Gasteiger partial charge in [-0.25, -0.2) is 4.79 Å². The van der Waals surface area contributed by atoms with Gasteiger partial charge in [0.25, 0.3) is 0 Å². The molecular formula is C11H17N7O2. The zero-order valence-electron chi connectivity index (χ0n) is 11.7. The molecule has 0 aliphatic rings. The van der Waals surface area contributed by atoms with E-state index < -0.39 is 0 Å². The summed E-state index contributed by atoms with van der Waals surface area (Å²) in [6, 6.07) is -0.288. The molecule has 0 aliphatic heterocycles. The van der Waals surface area contributed by atoms with Crippen LogP contribution in [0.25, 0.3) is 0 Å². The second kappa shape index (κ2) is 6.13. The number of hydrogen-bond donors (Lipinski definition) is 1. The van der Waals surface area contributed by atoms with Gasteiger partial charge in [0.1, 0.15) is 6.54 Å². The molecule has 0 aromatic carbocycles. The molecule has 0 unspecified atom stereocenters. The number of aryl methyl sites for hydroxylation is 2. The molecular weight excluding hydrogens is 262 g/mol. The highest BCUT2D eigenvalue weighted by Crippen LogP contribution is 2.06. The van der Waals surface area contributed by atoms with Crippen LogP contribution in [0.2, 0.25) is 0 Å². The van der Waals surface area contributed by atoms with E-state index in [0.717, 1.165) is 0 Å². The van der Waals surface area contributed by atoms with Gasteiger partial charge in [0, 0.05) is 20.0 Å². The fourth-order valence-electron chi connectivity index (χ4n) is 1.58. The van der Waals surface area contributed by atoms with Gasteiger partial charge in [-0.2, -0.15) is 4.98 Å². The van der Waals surface area contributed by atoms with Crippen molar-refractivity contribution < 1.29 is 9.32 Å². The zero-order valence-corrected chi connectivity index (χ0v) is 11.7. The van der Waals surface area contributed by atoms with Gasteiger partial charge in [-0.1, -0.05) is 17.3 Å². The van der Waals surface area contributed by atoms with Crippen molar-refractivity contribution in [1.82, 2.24) is 30.0 Å². The summed E-state index contributed by atoms with van der Waals surface area (Å²) in [7, 11) is 1.73. The number of anilines is 1. The van der Waals surface area contributed by atoms with Crippen LogP contribution in [-0.4, -0.2) is 42.6 Å². The van der Waals surface area contributed by atoms with Crippen LogP contribution in [0.4, 0.5) is 10.6 Å². The second-order valence-corrected chi connectivity index (χ2v) is 4.18. The molecule has 2 rings (SSSR count). The fourth-order valence-corrected chi connectivity index (χ4v) is 1.58. The third-order valence-electron chi connectivity index (χ3n) is 2.66. The molecule has 0 bridgehead atoms. The van der Waals surface area contributed by atoms with Crippen LogP contribution in [0.1, 0.15) is 25.6 Å². The Morgan fingerprint density at radius 3 is 2.85 bits per heavy atom. The van der Waals surface area contributed by atoms with Gasteiger partial charge in [-0.05, 0) is 6.92 Å². The van der Waals surface area contributed by atoms with E-state index in [-0.39, 0.29) is 12.6 Å². The lowest BCUT2D eigenvalue weighted by Crippen LogP contribution is -2.34. The third kappa shape index (κ3) is 3.31. The molecule has 0 aliphatic carbocycles. The number of carbonyl (C=O) groups excluding carboxylic acids is 1. The lowest BCUT2D eigenvalue weighted by Gasteiger charge is -2.18. The molecule has 0 radical (unpaired) electrons. The summed E-state index contributed by atoms with van der Waals surface area (Å²) in [4.78, 5) is 17.8. The average Bonchev–Trinajstić information content (AvgIpc) is 3.04. The molecule has 9 nitrogen and oxygen atoms in total. The van der Waals surface area contributed by atoms with E-state index >= 15 is 0 Å². The molecule has 2 aromatic heterocycles. The first kappa shape index (κ1) is 14.0. The van der Waals surface area contributed by atoms with Crippen molar-refractivity contribution in [3.63, 3.8) is 0 Å². The molecule has 20 heavy (non-hydrogen) atoms. The standard InChI is InChI=1S/C11H17N7O2/c1-4-8-12-10(20-15-8)7-18(5-2)11(19)13-9-6-17(3)16-14-9/h6H,4-5,7H2,1-3H3,(H,13,19). The average molecular weight is 279 g/mol. The normalized spacial score (nSPS) is 10.6. The van der Waals surface area contributed by atoms with Gasteiger partial charge in [0.15, 0.2) is 11.6 Å². The summed E-state index contributed by atoms with van der Waals surface area (Å²) in [6.07, 6.45) is 2.31. The smallest absolute Gasteiger partial charge is 0.323 e. The van der Waals surface area contributed by atoms with Gasteiger partial charge in [-0.15, -0.1) is 5.10 Å². The molecule has 0 saturated heterocycles. The Labute approximate surface area is 115 Å². The Bertz CT molecular complexity index is 577. The van der Waals surface area contributed by atoms with Crippen molar-refractivity contribution in [3.8, 4) is 0 Å². The van der Waals surface area contributed by atoms with Gasteiger partial charge in [0.2, 0.25) is 5.89 Å². The maximum Gasteiger partial charge on any atom is 0.323 e. The highest BCUT2D eigenvalue weighted by Gasteiger charge is 2.17. The summed E-state index contributed by atoms with van der Waals surface area (Å²) in [6.45, 7) is 4.58. The molecule has 2 amide bonds. The Morgan fingerprint density at radius 1 is 1.50 bits per heavy atom. The summed E-state index contributed by atoms with van der Waals surface area (Å²) in [5, 5.41) is 14.0. The lowest BCUT2D eigenvalue weighted by atomic mass is 10.4. The van der Waals surface area contributed by atoms with E-state index in [0.29, 0.717) is 30.5 Å². The number of carbonyl (C=O) groups is 1. The van der Waals surface area contributed by atoms with E-state index in [1.54, 1.807) is 18.1 Å². The van der Waals surface area contributed by atoms with Crippen LogP contribution in [-0.2, 0) is 20.0 Å². The largest absolute Gasteiger partial charge is 0.337 e. The topological polar surface area (TPSA) is 102 Å². The van der Waals surface area contributed by atoms with Gasteiger partial charge < -0.3 is 9.42 Å². The van der Waals surface area contributed by atoms with Crippen molar-refractivity contribution in [1.29, 1.82) is 0 Å². The first-order valence-electron chi connectivity index (χ1n) is 6.36. The fraction of sp³-hybridized carbons (Fsp3) is 0.545. The molecule has 0 spiro atoms. The molecule has 2 heterocycles. The molecule has 2 aromatic rings. The van der Waals surface area contributed by atoms with E-state index in [2.05, 4.69) is 25.8 Å². The number of amides is 2. The molecule has 9 heteroatoms. The monoisotopic (exact) mass is 279 g/mol. The summed E-state index contributed by atoms with van der Waals surface area (Å²) in [5.74, 6) is 1.44. The first-order chi connectivity index (χ1) is 9.62. The molecule has 0 fully saturated rings. The summed E-state index contributed by atoms with van der Waals surface area (Å²) in [5.41, 5.74) is 0. The van der Waals surface area contributed by atoms with Crippen LogP contribution in [0.5, 0.6) is 0 Å². The molecule has 0 atom stereocenters. The maximum atomic E-state index is 12.1. The number of rotatable bonds is 5. The number of aromatic nitrogens is 5. The van der Waals surface area contributed by atoms with Crippen molar-refractivity contribution >= 4 is 11.8 Å². The third-order valence-corrected chi connectivity index (χ3v) is 2.66. The van der Waals surface area contributed by atoms with Crippen molar-refractivity contribution in [2.24, 2.45) is 7.05 Å². The Hall–Kier alpha value is -2.45.